The summed E-state index contributed by atoms with van der Waals surface area (Å²) in [6.07, 6.45) is 0. The summed E-state index contributed by atoms with van der Waals surface area (Å²) < 4.78 is 46.5. The van der Waals surface area contributed by atoms with Crippen molar-refractivity contribution in [2.24, 2.45) is 0 Å². The van der Waals surface area contributed by atoms with Crippen molar-refractivity contribution in [3.8, 4) is 0 Å². The van der Waals surface area contributed by atoms with Gasteiger partial charge < -0.3 is 23.4 Å². The summed E-state index contributed by atoms with van der Waals surface area (Å²) in [5.74, 6) is -1.10. The van der Waals surface area contributed by atoms with Crippen LogP contribution in [-0.4, -0.2) is 43.7 Å². The molecule has 0 spiro atoms. The van der Waals surface area contributed by atoms with Crippen LogP contribution in [0.1, 0.15) is 27.7 Å². The Kier molecular flexibility index (Phi) is 10.8. The molecule has 0 aromatic heterocycles. The lowest BCUT2D eigenvalue weighted by Crippen LogP contribution is -2.37. The second kappa shape index (κ2) is 10.8. The second-order valence-electron chi connectivity index (χ2n) is 3.83. The molecule has 11 heteroatoms. The van der Waals surface area contributed by atoms with Crippen LogP contribution in [0.4, 0.5) is 0 Å². The zero-order valence-electron chi connectivity index (χ0n) is 13.2. The van der Waals surface area contributed by atoms with Crippen LogP contribution in [0.15, 0.2) is 0 Å². The quantitative estimate of drug-likeness (QED) is 0.410. The van der Waals surface area contributed by atoms with E-state index in [2.05, 4.69) is 5.32 Å². The number of carbonyl (C=O) groups excluding carboxylic acids is 1. The van der Waals surface area contributed by atoms with E-state index in [4.69, 9.17) is 29.7 Å². The Hall–Kier alpha value is 0.0600. The van der Waals surface area contributed by atoms with E-state index in [0.717, 1.165) is 0 Å². The number of hydrogen-bond acceptors (Lipinski definition) is 7. The first kappa shape index (κ1) is 22.1. The molecule has 0 aromatic carbocycles. The van der Waals surface area contributed by atoms with Crippen molar-refractivity contribution in [1.82, 2.24) is 5.32 Å². The van der Waals surface area contributed by atoms with Crippen molar-refractivity contribution in [2.45, 2.75) is 33.2 Å². The third kappa shape index (κ3) is 6.28. The number of rotatable bonds is 12. The van der Waals surface area contributed by atoms with Crippen molar-refractivity contribution in [2.75, 3.05) is 32.3 Å². The summed E-state index contributed by atoms with van der Waals surface area (Å²) in [7, 11) is -7.96. The van der Waals surface area contributed by atoms with Gasteiger partial charge in [0.1, 0.15) is 5.88 Å². The lowest BCUT2D eigenvalue weighted by molar-refractivity contribution is -0.118. The van der Waals surface area contributed by atoms with Crippen molar-refractivity contribution in [3.63, 3.8) is 0 Å². The van der Waals surface area contributed by atoms with Crippen LogP contribution in [0.5, 0.6) is 0 Å². The van der Waals surface area contributed by atoms with E-state index in [9.17, 15) is 13.9 Å². The van der Waals surface area contributed by atoms with E-state index in [1.54, 1.807) is 27.7 Å². The fraction of sp³-hybridized carbons (Fsp3) is 0.909. The Morgan fingerprint density at radius 2 is 1.23 bits per heavy atom. The van der Waals surface area contributed by atoms with Gasteiger partial charge in [-0.1, -0.05) is 0 Å². The van der Waals surface area contributed by atoms with E-state index in [1.165, 1.54) is 0 Å². The Balaban J connectivity index is 5.80. The zero-order valence-corrected chi connectivity index (χ0v) is 15.8. The molecule has 0 aliphatic heterocycles. The topological polar surface area (TPSA) is 100 Å². The molecule has 0 rings (SSSR count). The first-order chi connectivity index (χ1) is 10.3. The maximum Gasteiger partial charge on any atom is 0.365 e. The number of nitrogens with one attached hydrogen (secondary N) is 1. The summed E-state index contributed by atoms with van der Waals surface area (Å²) >= 11 is 5.45. The Bertz CT molecular complexity index is 385. The maximum atomic E-state index is 12.9. The molecule has 0 saturated carbocycles. The van der Waals surface area contributed by atoms with Gasteiger partial charge in [-0.3, -0.25) is 13.9 Å². The largest absolute Gasteiger partial charge is 0.365 e. The predicted octanol–water partition coefficient (Wildman–Crippen LogP) is 3.16. The highest BCUT2D eigenvalue weighted by Gasteiger charge is 2.51. The van der Waals surface area contributed by atoms with Gasteiger partial charge >= 0.3 is 15.2 Å². The second-order valence-corrected chi connectivity index (χ2v) is 8.73. The maximum absolute atomic E-state index is 12.9. The molecule has 0 radical (unpaired) electrons. The molecule has 0 fully saturated rings. The van der Waals surface area contributed by atoms with Crippen molar-refractivity contribution < 1.29 is 32.0 Å². The van der Waals surface area contributed by atoms with Crippen LogP contribution in [0, 0.1) is 0 Å². The number of amides is 1. The van der Waals surface area contributed by atoms with Gasteiger partial charge in [0.25, 0.3) is 0 Å². The molecule has 132 valence electrons. The number of carbonyl (C=O) groups is 1. The van der Waals surface area contributed by atoms with Crippen LogP contribution < -0.4 is 5.32 Å². The molecule has 0 aliphatic rings. The molecule has 0 heterocycles. The Morgan fingerprint density at radius 3 is 1.45 bits per heavy atom. The molecule has 1 N–H and O–H groups in total. The zero-order chi connectivity index (χ0) is 17.2. The van der Waals surface area contributed by atoms with Gasteiger partial charge in [0.05, 0.1) is 26.4 Å². The minimum atomic E-state index is -3.98. The Labute approximate surface area is 136 Å². The first-order valence-corrected chi connectivity index (χ1v) is 10.7. The smallest absolute Gasteiger partial charge is 0.331 e. The normalized spacial score (nSPS) is 12.6. The highest BCUT2D eigenvalue weighted by molar-refractivity contribution is 7.72. The van der Waals surface area contributed by atoms with E-state index in [1.807, 2.05) is 0 Å². The van der Waals surface area contributed by atoms with Gasteiger partial charge in [0, 0.05) is 0 Å². The molecule has 8 nitrogen and oxygen atoms in total. The lowest BCUT2D eigenvalue weighted by Gasteiger charge is -2.31. The molecule has 0 atom stereocenters. The molecule has 0 aliphatic carbocycles. The Morgan fingerprint density at radius 1 is 0.909 bits per heavy atom. The summed E-state index contributed by atoms with van der Waals surface area (Å²) in [5, 5.41) is 2.29. The minimum absolute atomic E-state index is 0.0305. The molecule has 0 unspecified atom stereocenters. The fourth-order valence-corrected chi connectivity index (χ4v) is 6.61. The number of alkyl halides is 1. The highest BCUT2D eigenvalue weighted by Crippen LogP contribution is 2.69. The highest BCUT2D eigenvalue weighted by atomic mass is 35.5. The monoisotopic (exact) mass is 379 g/mol. The van der Waals surface area contributed by atoms with Crippen molar-refractivity contribution in [3.05, 3.63) is 0 Å². The van der Waals surface area contributed by atoms with E-state index in [-0.39, 0.29) is 26.4 Å². The van der Waals surface area contributed by atoms with E-state index >= 15 is 0 Å². The van der Waals surface area contributed by atoms with Gasteiger partial charge in [0.2, 0.25) is 11.4 Å². The minimum Gasteiger partial charge on any atom is -0.331 e. The van der Waals surface area contributed by atoms with Gasteiger partial charge in [-0.15, -0.1) is 11.6 Å². The molecular weight excluding hydrogens is 356 g/mol. The third-order valence-electron chi connectivity index (χ3n) is 2.25. The summed E-state index contributed by atoms with van der Waals surface area (Å²) in [5.41, 5.74) is -1.58. The fourth-order valence-electron chi connectivity index (χ4n) is 1.59. The van der Waals surface area contributed by atoms with E-state index in [0.29, 0.717) is 0 Å². The van der Waals surface area contributed by atoms with Crippen molar-refractivity contribution >= 4 is 32.7 Å². The van der Waals surface area contributed by atoms with Gasteiger partial charge in [-0.2, -0.15) is 0 Å². The average molecular weight is 380 g/mol. The average Bonchev–Trinajstić information content (AvgIpc) is 2.45. The summed E-state index contributed by atoms with van der Waals surface area (Å²) in [6.45, 7) is 6.50. The number of hydrogen-bond donors (Lipinski definition) is 1. The van der Waals surface area contributed by atoms with E-state index < -0.39 is 32.5 Å². The molecular formula is C11H24ClNO7P2. The van der Waals surface area contributed by atoms with Gasteiger partial charge in [0.15, 0.2) is 0 Å². The molecule has 0 bridgehead atoms. The lowest BCUT2D eigenvalue weighted by atomic mass is 10.7. The molecule has 0 aromatic rings. The van der Waals surface area contributed by atoms with Gasteiger partial charge in [-0.25, -0.2) is 0 Å². The number of halogens is 1. The van der Waals surface area contributed by atoms with Crippen LogP contribution in [0.25, 0.3) is 0 Å². The molecule has 1 amide bonds. The van der Waals surface area contributed by atoms with Crippen molar-refractivity contribution in [1.29, 1.82) is 0 Å². The molecule has 22 heavy (non-hydrogen) atoms. The third-order valence-corrected chi connectivity index (χ3v) is 8.12. The predicted molar refractivity (Wildman–Crippen MR) is 84.4 cm³/mol. The SMILES string of the molecule is CCOP(=O)(OCC)C(NC(=O)CCl)P(=O)(OCC)OCC. The first-order valence-electron chi connectivity index (χ1n) is 6.96. The van der Waals surface area contributed by atoms with Crippen LogP contribution in [0.3, 0.4) is 0 Å². The standard InChI is InChI=1S/C11H24ClNO7P2/c1-5-17-21(15,18-6-2)11(13-10(14)9-12)22(16,19-7-3)20-8-4/h11H,5-9H2,1-4H3,(H,13,14). The van der Waals surface area contributed by atoms with Gasteiger partial charge in [-0.05, 0) is 27.7 Å². The van der Waals surface area contributed by atoms with Crippen LogP contribution in [0.2, 0.25) is 0 Å². The molecule has 0 saturated heterocycles. The van der Waals surface area contributed by atoms with Crippen LogP contribution in [-0.2, 0) is 32.0 Å². The summed E-state index contributed by atoms with van der Waals surface area (Å²) in [4.78, 5) is 11.6. The summed E-state index contributed by atoms with van der Waals surface area (Å²) in [6, 6.07) is 0. The van der Waals surface area contributed by atoms with Crippen LogP contribution >= 0.6 is 26.8 Å².